The van der Waals surface area contributed by atoms with Crippen LogP contribution in [0.1, 0.15) is 20.3 Å². The van der Waals surface area contributed by atoms with E-state index in [0.29, 0.717) is 5.84 Å². The zero-order valence-electron chi connectivity index (χ0n) is 6.89. The lowest BCUT2D eigenvalue weighted by atomic mass is 10.4. The van der Waals surface area contributed by atoms with Crippen molar-refractivity contribution in [3.05, 3.63) is 0 Å². The van der Waals surface area contributed by atoms with E-state index in [0.717, 1.165) is 13.0 Å². The van der Waals surface area contributed by atoms with E-state index in [-0.39, 0.29) is 0 Å². The maximum Gasteiger partial charge on any atom is 0.101 e. The summed E-state index contributed by atoms with van der Waals surface area (Å²) in [5.74, 6) is 0.619. The third-order valence-electron chi connectivity index (χ3n) is 1.28. The summed E-state index contributed by atoms with van der Waals surface area (Å²) in [4.78, 5) is 5.66. The molecular weight excluding hydrogens is 126 g/mol. The summed E-state index contributed by atoms with van der Waals surface area (Å²) in [7, 11) is 1.71. The highest BCUT2D eigenvalue weighted by atomic mass is 15.2. The van der Waals surface area contributed by atoms with Crippen molar-refractivity contribution in [2.75, 3.05) is 13.6 Å². The van der Waals surface area contributed by atoms with E-state index in [1.165, 1.54) is 0 Å². The fraction of sp³-hybridized carbons (Fsp3) is 0.714. The zero-order valence-corrected chi connectivity index (χ0v) is 6.89. The predicted molar refractivity (Wildman–Crippen MR) is 44.8 cm³/mol. The average Bonchev–Trinajstić information content (AvgIpc) is 1.99. The molecule has 0 atom stereocenters. The molecule has 0 unspecified atom stereocenters. The minimum atomic E-state index is 0.619. The molecule has 0 saturated carbocycles. The van der Waals surface area contributed by atoms with Gasteiger partial charge in [0.05, 0.1) is 6.34 Å². The van der Waals surface area contributed by atoms with Gasteiger partial charge in [0.2, 0.25) is 0 Å². The fourth-order valence-corrected chi connectivity index (χ4v) is 0.685. The minimum Gasteiger partial charge on any atom is -0.322 e. The van der Waals surface area contributed by atoms with Crippen LogP contribution in [0.3, 0.4) is 0 Å². The second-order valence-corrected chi connectivity index (χ2v) is 1.96. The van der Waals surface area contributed by atoms with Gasteiger partial charge in [0.25, 0.3) is 0 Å². The predicted octanol–water partition coefficient (Wildman–Crippen LogP) is 1.35. The number of nitrogens with one attached hydrogen (secondary N) is 1. The molecule has 0 aromatic carbocycles. The van der Waals surface area contributed by atoms with Gasteiger partial charge in [0, 0.05) is 20.0 Å². The number of hydrogen-bond donors (Lipinski definition) is 1. The molecule has 0 spiro atoms. The largest absolute Gasteiger partial charge is 0.322 e. The minimum absolute atomic E-state index is 0.619. The van der Waals surface area contributed by atoms with Gasteiger partial charge < -0.3 is 4.90 Å². The van der Waals surface area contributed by atoms with Gasteiger partial charge in [0.1, 0.15) is 5.84 Å². The van der Waals surface area contributed by atoms with Gasteiger partial charge in [-0.05, 0) is 6.92 Å². The first-order chi connectivity index (χ1) is 4.76. The van der Waals surface area contributed by atoms with E-state index in [1.54, 1.807) is 13.4 Å². The summed E-state index contributed by atoms with van der Waals surface area (Å²) in [5.41, 5.74) is 0. The van der Waals surface area contributed by atoms with E-state index in [1.807, 2.05) is 18.7 Å². The van der Waals surface area contributed by atoms with Crippen molar-refractivity contribution in [2.45, 2.75) is 20.3 Å². The van der Waals surface area contributed by atoms with Gasteiger partial charge in [-0.2, -0.15) is 0 Å². The Morgan fingerprint density at radius 2 is 2.20 bits per heavy atom. The molecule has 0 saturated heterocycles. The van der Waals surface area contributed by atoms with Crippen molar-refractivity contribution in [1.82, 2.24) is 4.90 Å². The SMILES string of the molecule is CCC(=N)N(C=NC)CC. The fourth-order valence-electron chi connectivity index (χ4n) is 0.685. The third kappa shape index (κ3) is 2.62. The van der Waals surface area contributed by atoms with Crippen molar-refractivity contribution in [1.29, 1.82) is 5.41 Å². The highest BCUT2D eigenvalue weighted by Crippen LogP contribution is 1.89. The van der Waals surface area contributed by atoms with Gasteiger partial charge in [-0.15, -0.1) is 0 Å². The summed E-state index contributed by atoms with van der Waals surface area (Å²) < 4.78 is 0. The molecule has 0 aliphatic heterocycles. The molecule has 0 bridgehead atoms. The van der Waals surface area contributed by atoms with Crippen LogP contribution in [-0.2, 0) is 0 Å². The monoisotopic (exact) mass is 141 g/mol. The van der Waals surface area contributed by atoms with E-state index < -0.39 is 0 Å². The van der Waals surface area contributed by atoms with Crippen molar-refractivity contribution >= 4 is 12.2 Å². The maximum absolute atomic E-state index is 7.43. The Bertz CT molecular complexity index is 129. The average molecular weight is 141 g/mol. The van der Waals surface area contributed by atoms with E-state index in [4.69, 9.17) is 5.41 Å². The van der Waals surface area contributed by atoms with Crippen molar-refractivity contribution in [3.8, 4) is 0 Å². The first-order valence-electron chi connectivity index (χ1n) is 3.52. The molecule has 58 valence electrons. The lowest BCUT2D eigenvalue weighted by molar-refractivity contribution is 0.640. The van der Waals surface area contributed by atoms with Crippen molar-refractivity contribution in [2.24, 2.45) is 4.99 Å². The van der Waals surface area contributed by atoms with Crippen LogP contribution < -0.4 is 0 Å². The van der Waals surface area contributed by atoms with Gasteiger partial charge in [0.15, 0.2) is 0 Å². The van der Waals surface area contributed by atoms with Crippen LogP contribution in [0.2, 0.25) is 0 Å². The highest BCUT2D eigenvalue weighted by Gasteiger charge is 1.99. The quantitative estimate of drug-likeness (QED) is 0.467. The van der Waals surface area contributed by atoms with Crippen molar-refractivity contribution < 1.29 is 0 Å². The summed E-state index contributed by atoms with van der Waals surface area (Å²) in [6.07, 6.45) is 2.45. The molecule has 3 nitrogen and oxygen atoms in total. The molecule has 0 aromatic rings. The molecule has 0 aliphatic rings. The smallest absolute Gasteiger partial charge is 0.101 e. The molecule has 0 fully saturated rings. The van der Waals surface area contributed by atoms with Crippen LogP contribution in [-0.4, -0.2) is 30.7 Å². The van der Waals surface area contributed by atoms with E-state index in [9.17, 15) is 0 Å². The molecule has 0 aliphatic carbocycles. The molecule has 0 amide bonds. The molecule has 10 heavy (non-hydrogen) atoms. The normalized spacial score (nSPS) is 10.3. The number of hydrogen-bond acceptors (Lipinski definition) is 2. The number of amidine groups is 1. The van der Waals surface area contributed by atoms with Crippen molar-refractivity contribution in [3.63, 3.8) is 0 Å². The van der Waals surface area contributed by atoms with E-state index >= 15 is 0 Å². The standard InChI is InChI=1S/C7H15N3/c1-4-7(8)10(5-2)6-9-3/h6,8H,4-5H2,1-3H3. The lowest BCUT2D eigenvalue weighted by Crippen LogP contribution is -2.27. The lowest BCUT2D eigenvalue weighted by Gasteiger charge is -2.15. The molecule has 0 radical (unpaired) electrons. The Labute approximate surface area is 62.3 Å². The number of nitrogens with zero attached hydrogens (tertiary/aromatic N) is 2. The van der Waals surface area contributed by atoms with Crippen LogP contribution in [0.5, 0.6) is 0 Å². The Hall–Kier alpha value is -0.860. The maximum atomic E-state index is 7.43. The van der Waals surface area contributed by atoms with Crippen LogP contribution >= 0.6 is 0 Å². The highest BCUT2D eigenvalue weighted by molar-refractivity contribution is 5.89. The Morgan fingerprint density at radius 3 is 2.50 bits per heavy atom. The van der Waals surface area contributed by atoms with Gasteiger partial charge >= 0.3 is 0 Å². The molecule has 3 heteroatoms. The number of aliphatic imine (C=N–C) groups is 1. The first kappa shape index (κ1) is 9.14. The topological polar surface area (TPSA) is 39.5 Å². The van der Waals surface area contributed by atoms with Gasteiger partial charge in [-0.1, -0.05) is 6.92 Å². The Balaban J connectivity index is 3.93. The van der Waals surface area contributed by atoms with Gasteiger partial charge in [-0.25, -0.2) is 0 Å². The summed E-state index contributed by atoms with van der Waals surface area (Å²) >= 11 is 0. The molecule has 0 aromatic heterocycles. The second kappa shape index (κ2) is 4.97. The summed E-state index contributed by atoms with van der Waals surface area (Å²) in [6.45, 7) is 4.80. The Morgan fingerprint density at radius 1 is 1.60 bits per heavy atom. The van der Waals surface area contributed by atoms with Crippen LogP contribution in [0.25, 0.3) is 0 Å². The van der Waals surface area contributed by atoms with Crippen LogP contribution in [0.15, 0.2) is 4.99 Å². The van der Waals surface area contributed by atoms with E-state index in [2.05, 4.69) is 4.99 Å². The molecule has 0 heterocycles. The number of rotatable bonds is 3. The summed E-state index contributed by atoms with van der Waals surface area (Å²) in [6, 6.07) is 0. The van der Waals surface area contributed by atoms with Crippen LogP contribution in [0, 0.1) is 5.41 Å². The Kier molecular flexibility index (Phi) is 4.54. The molecular formula is C7H15N3. The second-order valence-electron chi connectivity index (χ2n) is 1.96. The third-order valence-corrected chi connectivity index (χ3v) is 1.28. The summed E-state index contributed by atoms with van der Waals surface area (Å²) in [5, 5.41) is 7.43. The zero-order chi connectivity index (χ0) is 7.98. The van der Waals surface area contributed by atoms with Crippen LogP contribution in [0.4, 0.5) is 0 Å². The van der Waals surface area contributed by atoms with Gasteiger partial charge in [-0.3, -0.25) is 10.4 Å². The first-order valence-corrected chi connectivity index (χ1v) is 3.52. The molecule has 1 N–H and O–H groups in total. The molecule has 0 rings (SSSR count).